The van der Waals surface area contributed by atoms with E-state index in [4.69, 9.17) is 0 Å². The molecule has 8 heteroatoms. The van der Waals surface area contributed by atoms with Crippen molar-refractivity contribution in [2.75, 3.05) is 6.54 Å². The second-order valence-electron chi connectivity index (χ2n) is 4.64. The first-order valence-corrected chi connectivity index (χ1v) is 9.88. The number of thiazole rings is 1. The Morgan fingerprint density at radius 3 is 2.81 bits per heavy atom. The van der Waals surface area contributed by atoms with Crippen molar-refractivity contribution in [1.29, 1.82) is 0 Å². The summed E-state index contributed by atoms with van der Waals surface area (Å²) in [7, 11) is -3.45. The number of nitrogens with zero attached hydrogens (tertiary/aromatic N) is 1. The lowest BCUT2D eigenvalue weighted by Gasteiger charge is -2.02. The van der Waals surface area contributed by atoms with Crippen molar-refractivity contribution in [3.8, 4) is 0 Å². The molecule has 0 fully saturated rings. The number of aryl methyl sites for hydroxylation is 1. The molecule has 2 heterocycles. The summed E-state index contributed by atoms with van der Waals surface area (Å²) >= 11 is 2.76. The summed E-state index contributed by atoms with van der Waals surface area (Å²) < 4.78 is 27.6. The fourth-order valence-corrected chi connectivity index (χ4v) is 4.98. The molecule has 116 valence electrons. The average molecular weight is 346 g/mol. The largest absolute Gasteiger partial charge is 0.312 e. The van der Waals surface area contributed by atoms with Crippen molar-refractivity contribution < 1.29 is 8.42 Å². The highest BCUT2D eigenvalue weighted by atomic mass is 32.2. The smallest absolute Gasteiger partial charge is 0.250 e. The Morgan fingerprint density at radius 1 is 1.33 bits per heavy atom. The van der Waals surface area contributed by atoms with Gasteiger partial charge in [-0.3, -0.25) is 4.98 Å². The molecule has 2 aromatic heterocycles. The topological polar surface area (TPSA) is 71.1 Å². The molecule has 0 aliphatic rings. The van der Waals surface area contributed by atoms with Crippen LogP contribution in [-0.4, -0.2) is 19.9 Å². The van der Waals surface area contributed by atoms with E-state index in [1.807, 2.05) is 6.92 Å². The van der Waals surface area contributed by atoms with E-state index in [1.165, 1.54) is 22.7 Å². The molecule has 0 saturated carbocycles. The first-order chi connectivity index (χ1) is 10.0. The van der Waals surface area contributed by atoms with Gasteiger partial charge in [0, 0.05) is 29.0 Å². The zero-order valence-corrected chi connectivity index (χ0v) is 14.5. The Hall–Kier alpha value is -0.800. The monoisotopic (exact) mass is 345 g/mol. The summed E-state index contributed by atoms with van der Waals surface area (Å²) in [6, 6.07) is 1.74. The molecule has 21 heavy (non-hydrogen) atoms. The van der Waals surface area contributed by atoms with E-state index in [9.17, 15) is 8.42 Å². The van der Waals surface area contributed by atoms with Gasteiger partial charge in [-0.15, -0.1) is 22.7 Å². The van der Waals surface area contributed by atoms with Crippen LogP contribution in [0.2, 0.25) is 0 Å². The quantitative estimate of drug-likeness (QED) is 0.721. The zero-order chi connectivity index (χ0) is 15.3. The number of nitrogens with one attached hydrogen (secondary N) is 2. The first-order valence-electron chi connectivity index (χ1n) is 6.70. The average Bonchev–Trinajstić information content (AvgIpc) is 3.07. The maximum atomic E-state index is 12.3. The van der Waals surface area contributed by atoms with Crippen molar-refractivity contribution in [1.82, 2.24) is 15.0 Å². The summed E-state index contributed by atoms with van der Waals surface area (Å²) in [4.78, 5) is 5.90. The van der Waals surface area contributed by atoms with Crippen LogP contribution in [0.3, 0.4) is 0 Å². The minimum atomic E-state index is -3.45. The molecule has 0 amide bonds. The number of hydrogen-bond donors (Lipinski definition) is 2. The van der Waals surface area contributed by atoms with E-state index >= 15 is 0 Å². The van der Waals surface area contributed by atoms with Crippen LogP contribution in [0.4, 0.5) is 0 Å². The number of sulfonamides is 1. The second-order valence-corrected chi connectivity index (χ2v) is 8.74. The molecule has 0 atom stereocenters. The second kappa shape index (κ2) is 7.46. The summed E-state index contributed by atoms with van der Waals surface area (Å²) in [6.45, 7) is 5.99. The Kier molecular flexibility index (Phi) is 5.88. The highest BCUT2D eigenvalue weighted by Crippen LogP contribution is 2.26. The van der Waals surface area contributed by atoms with Crippen LogP contribution in [0.5, 0.6) is 0 Å². The van der Waals surface area contributed by atoms with Gasteiger partial charge in [0.05, 0.1) is 5.51 Å². The lowest BCUT2D eigenvalue weighted by Crippen LogP contribution is -2.21. The molecule has 2 aromatic rings. The molecule has 0 radical (unpaired) electrons. The van der Waals surface area contributed by atoms with E-state index in [0.29, 0.717) is 10.8 Å². The maximum Gasteiger partial charge on any atom is 0.250 e. The predicted molar refractivity (Wildman–Crippen MR) is 87.2 cm³/mol. The summed E-state index contributed by atoms with van der Waals surface area (Å²) in [5, 5.41) is 3.30. The van der Waals surface area contributed by atoms with E-state index in [2.05, 4.69) is 21.9 Å². The van der Waals surface area contributed by atoms with Crippen molar-refractivity contribution in [2.24, 2.45) is 0 Å². The zero-order valence-electron chi connectivity index (χ0n) is 12.0. The van der Waals surface area contributed by atoms with Gasteiger partial charge in [0.25, 0.3) is 0 Å². The lowest BCUT2D eigenvalue weighted by atomic mass is 10.3. The highest BCUT2D eigenvalue weighted by Gasteiger charge is 2.18. The molecule has 0 aromatic carbocycles. The predicted octanol–water partition coefficient (Wildman–Crippen LogP) is 2.49. The number of aromatic nitrogens is 1. The Balaban J connectivity index is 2.04. The molecular weight excluding hydrogens is 326 g/mol. The van der Waals surface area contributed by atoms with Gasteiger partial charge in [-0.25, -0.2) is 13.1 Å². The van der Waals surface area contributed by atoms with Crippen LogP contribution in [0.15, 0.2) is 22.0 Å². The van der Waals surface area contributed by atoms with Crippen molar-refractivity contribution in [3.05, 3.63) is 33.1 Å². The van der Waals surface area contributed by atoms with Crippen LogP contribution >= 0.6 is 22.7 Å². The minimum Gasteiger partial charge on any atom is -0.312 e. The highest BCUT2D eigenvalue weighted by molar-refractivity contribution is 7.91. The van der Waals surface area contributed by atoms with Gasteiger partial charge in [0.1, 0.15) is 4.21 Å². The van der Waals surface area contributed by atoms with Crippen LogP contribution < -0.4 is 10.0 Å². The Labute approximate surface area is 133 Å². The summed E-state index contributed by atoms with van der Waals surface area (Å²) in [6.07, 6.45) is 2.74. The van der Waals surface area contributed by atoms with Gasteiger partial charge >= 0.3 is 0 Å². The van der Waals surface area contributed by atoms with Crippen LogP contribution in [0.1, 0.15) is 28.7 Å². The molecule has 5 nitrogen and oxygen atoms in total. The normalized spacial score (nSPS) is 11.9. The van der Waals surface area contributed by atoms with Gasteiger partial charge in [-0.05, 0) is 31.5 Å². The third kappa shape index (κ3) is 4.58. The van der Waals surface area contributed by atoms with Gasteiger partial charge in [-0.1, -0.05) is 6.92 Å². The summed E-state index contributed by atoms with van der Waals surface area (Å²) in [5.41, 5.74) is 2.71. The lowest BCUT2D eigenvalue weighted by molar-refractivity contribution is 0.584. The number of hydrogen-bond acceptors (Lipinski definition) is 6. The SMILES string of the molecule is CCCNCc1sc(S(=O)(=O)NCc2cncs2)cc1C. The van der Waals surface area contributed by atoms with Gasteiger partial charge in [-0.2, -0.15) is 0 Å². The van der Waals surface area contributed by atoms with E-state index < -0.39 is 10.0 Å². The van der Waals surface area contributed by atoms with E-state index in [1.54, 1.807) is 17.8 Å². The number of rotatable bonds is 8. The number of thiophene rings is 1. The molecule has 0 bridgehead atoms. The van der Waals surface area contributed by atoms with Crippen molar-refractivity contribution in [3.63, 3.8) is 0 Å². The minimum absolute atomic E-state index is 0.285. The van der Waals surface area contributed by atoms with Crippen molar-refractivity contribution in [2.45, 2.75) is 37.6 Å². The molecular formula is C13H19N3O2S3. The summed E-state index contributed by atoms with van der Waals surface area (Å²) in [5.74, 6) is 0. The van der Waals surface area contributed by atoms with Gasteiger partial charge in [0.15, 0.2) is 0 Å². The third-order valence-electron chi connectivity index (χ3n) is 2.90. The molecule has 2 rings (SSSR count). The first kappa shape index (κ1) is 16.6. The van der Waals surface area contributed by atoms with Crippen LogP contribution in [0.25, 0.3) is 0 Å². The van der Waals surface area contributed by atoms with Gasteiger partial charge < -0.3 is 5.32 Å². The molecule has 0 aliphatic heterocycles. The molecule has 0 aliphatic carbocycles. The van der Waals surface area contributed by atoms with Crippen LogP contribution in [-0.2, 0) is 23.1 Å². The van der Waals surface area contributed by atoms with Crippen LogP contribution in [0, 0.1) is 6.92 Å². The molecule has 0 saturated heterocycles. The van der Waals surface area contributed by atoms with E-state index in [-0.39, 0.29) is 6.54 Å². The van der Waals surface area contributed by atoms with Crippen molar-refractivity contribution >= 4 is 32.7 Å². The maximum absolute atomic E-state index is 12.3. The molecule has 0 unspecified atom stereocenters. The van der Waals surface area contributed by atoms with Gasteiger partial charge in [0.2, 0.25) is 10.0 Å². The molecule has 0 spiro atoms. The fraction of sp³-hybridized carbons (Fsp3) is 0.462. The fourth-order valence-electron chi connectivity index (χ4n) is 1.74. The Bertz CT molecular complexity index is 663. The molecule has 2 N–H and O–H groups in total. The third-order valence-corrected chi connectivity index (χ3v) is 6.79. The van der Waals surface area contributed by atoms with E-state index in [0.717, 1.165) is 28.3 Å². The Morgan fingerprint density at radius 2 is 2.14 bits per heavy atom. The standard InChI is InChI=1S/C13H19N3O2S3/c1-3-4-14-8-12-10(2)5-13(20-12)21(17,18)16-7-11-6-15-9-19-11/h5-6,9,14,16H,3-4,7-8H2,1-2H3.